The lowest BCUT2D eigenvalue weighted by atomic mass is 10.2. The predicted octanol–water partition coefficient (Wildman–Crippen LogP) is 2.25. The molecule has 0 unspecified atom stereocenters. The summed E-state index contributed by atoms with van der Waals surface area (Å²) in [5.41, 5.74) is 2.09. The molecule has 0 radical (unpaired) electrons. The molecule has 1 aromatic heterocycles. The van der Waals surface area contributed by atoms with Crippen LogP contribution >= 0.6 is 24.0 Å². The zero-order valence-corrected chi connectivity index (χ0v) is 16.9. The van der Waals surface area contributed by atoms with Crippen LogP contribution in [0.3, 0.4) is 0 Å². The van der Waals surface area contributed by atoms with Gasteiger partial charge >= 0.3 is 0 Å². The molecule has 130 valence electrons. The van der Waals surface area contributed by atoms with Gasteiger partial charge in [0, 0.05) is 39.8 Å². The van der Waals surface area contributed by atoms with Crippen LogP contribution in [0.5, 0.6) is 0 Å². The lowest BCUT2D eigenvalue weighted by Crippen LogP contribution is -2.40. The normalized spacial score (nSPS) is 10.7. The summed E-state index contributed by atoms with van der Waals surface area (Å²) in [6, 6.07) is 1.94. The molecule has 0 fully saturated rings. The highest BCUT2D eigenvalue weighted by atomic mass is 127. The molecular weight excluding hydrogens is 407 g/mol. The molecule has 1 amide bonds. The Morgan fingerprint density at radius 3 is 2.52 bits per heavy atom. The van der Waals surface area contributed by atoms with Gasteiger partial charge in [-0.15, -0.1) is 24.0 Å². The third kappa shape index (κ3) is 7.54. The molecule has 0 saturated heterocycles. The Bertz CT molecular complexity index is 552. The average molecular weight is 434 g/mol. The maximum Gasteiger partial charge on any atom is 0.243 e. The Hall–Kier alpha value is -1.51. The van der Waals surface area contributed by atoms with Crippen molar-refractivity contribution >= 4 is 35.8 Å². The first-order valence-corrected chi connectivity index (χ1v) is 7.18. The summed E-state index contributed by atoms with van der Waals surface area (Å²) in [5.74, 6) is 1.51. The van der Waals surface area contributed by atoms with E-state index in [0.717, 1.165) is 16.9 Å². The second-order valence-electron chi connectivity index (χ2n) is 5.60. The zero-order chi connectivity index (χ0) is 16.7. The van der Waals surface area contributed by atoms with Crippen molar-refractivity contribution in [2.75, 3.05) is 34.2 Å². The summed E-state index contributed by atoms with van der Waals surface area (Å²) in [6.07, 6.45) is 1.67. The summed E-state index contributed by atoms with van der Waals surface area (Å²) in [4.78, 5) is 19.6. The summed E-state index contributed by atoms with van der Waals surface area (Å²) < 4.78 is 5.31. The first kappa shape index (κ1) is 21.5. The number of furan rings is 1. The molecule has 0 aliphatic rings. The van der Waals surface area contributed by atoms with Crippen LogP contribution in [0.15, 0.2) is 33.9 Å². The van der Waals surface area contributed by atoms with Crippen molar-refractivity contribution < 1.29 is 9.21 Å². The number of carbonyl (C=O) groups excluding carboxylic acids is 1. The Morgan fingerprint density at radius 2 is 2.04 bits per heavy atom. The monoisotopic (exact) mass is 434 g/mol. The van der Waals surface area contributed by atoms with E-state index >= 15 is 0 Å². The van der Waals surface area contributed by atoms with Crippen LogP contribution in [0.2, 0.25) is 0 Å². The SMILES string of the molecule is C=C(C)CNC(=NCC(=O)N(C)C)N(C)Cc1ccoc1C.I. The van der Waals surface area contributed by atoms with E-state index in [1.807, 2.05) is 31.9 Å². The lowest BCUT2D eigenvalue weighted by molar-refractivity contribution is -0.127. The molecule has 0 spiro atoms. The van der Waals surface area contributed by atoms with Crippen molar-refractivity contribution in [1.82, 2.24) is 15.1 Å². The molecule has 1 aromatic rings. The third-order valence-electron chi connectivity index (χ3n) is 3.15. The van der Waals surface area contributed by atoms with Gasteiger partial charge in [0.05, 0.1) is 6.26 Å². The molecule has 0 saturated carbocycles. The number of nitrogens with one attached hydrogen (secondary N) is 1. The number of likely N-dealkylation sites (N-methyl/N-ethyl adjacent to an activating group) is 1. The zero-order valence-electron chi connectivity index (χ0n) is 14.5. The maximum absolute atomic E-state index is 11.7. The summed E-state index contributed by atoms with van der Waals surface area (Å²) in [6.45, 7) is 9.12. The number of halogens is 1. The smallest absolute Gasteiger partial charge is 0.243 e. The van der Waals surface area contributed by atoms with Crippen LogP contribution in [0.25, 0.3) is 0 Å². The summed E-state index contributed by atoms with van der Waals surface area (Å²) >= 11 is 0. The van der Waals surface area contributed by atoms with Crippen LogP contribution in [0.4, 0.5) is 0 Å². The molecule has 7 heteroatoms. The van der Waals surface area contributed by atoms with E-state index in [2.05, 4.69) is 16.9 Å². The van der Waals surface area contributed by atoms with Gasteiger partial charge in [-0.05, 0) is 19.9 Å². The van der Waals surface area contributed by atoms with Crippen molar-refractivity contribution in [3.05, 3.63) is 35.8 Å². The quantitative estimate of drug-likeness (QED) is 0.323. The largest absolute Gasteiger partial charge is 0.469 e. The maximum atomic E-state index is 11.7. The topological polar surface area (TPSA) is 61.1 Å². The highest BCUT2D eigenvalue weighted by Crippen LogP contribution is 2.11. The lowest BCUT2D eigenvalue weighted by Gasteiger charge is -2.22. The minimum atomic E-state index is -0.0393. The number of nitrogens with zero attached hydrogens (tertiary/aromatic N) is 3. The van der Waals surface area contributed by atoms with Gasteiger partial charge in [-0.1, -0.05) is 12.2 Å². The van der Waals surface area contributed by atoms with Gasteiger partial charge in [0.25, 0.3) is 0 Å². The minimum Gasteiger partial charge on any atom is -0.469 e. The van der Waals surface area contributed by atoms with E-state index in [1.165, 1.54) is 4.90 Å². The van der Waals surface area contributed by atoms with Crippen molar-refractivity contribution in [3.63, 3.8) is 0 Å². The number of rotatable bonds is 6. The van der Waals surface area contributed by atoms with Crippen molar-refractivity contribution in [3.8, 4) is 0 Å². The van der Waals surface area contributed by atoms with E-state index in [4.69, 9.17) is 4.42 Å². The van der Waals surface area contributed by atoms with Crippen molar-refractivity contribution in [2.24, 2.45) is 4.99 Å². The Morgan fingerprint density at radius 1 is 1.39 bits per heavy atom. The van der Waals surface area contributed by atoms with Gasteiger partial charge in [-0.2, -0.15) is 0 Å². The Balaban J connectivity index is 0.00000484. The third-order valence-corrected chi connectivity index (χ3v) is 3.15. The molecule has 23 heavy (non-hydrogen) atoms. The molecule has 1 rings (SSSR count). The summed E-state index contributed by atoms with van der Waals surface area (Å²) in [5, 5.41) is 3.22. The highest BCUT2D eigenvalue weighted by Gasteiger charge is 2.11. The fourth-order valence-electron chi connectivity index (χ4n) is 1.73. The van der Waals surface area contributed by atoms with Crippen LogP contribution in [-0.2, 0) is 11.3 Å². The van der Waals surface area contributed by atoms with Gasteiger partial charge in [-0.25, -0.2) is 4.99 Å². The van der Waals surface area contributed by atoms with E-state index < -0.39 is 0 Å². The fraction of sp³-hybridized carbons (Fsp3) is 0.500. The Labute approximate surface area is 155 Å². The molecule has 1 heterocycles. The van der Waals surface area contributed by atoms with E-state index in [0.29, 0.717) is 19.0 Å². The van der Waals surface area contributed by atoms with Crippen LogP contribution in [0, 0.1) is 6.92 Å². The standard InChI is InChI=1S/C16H26N4O2.HI/c1-12(2)9-17-16(18-10-15(21)19(4)5)20(6)11-14-7-8-22-13(14)3;/h7-8H,1,9-11H2,2-6H3,(H,17,18);1H. The second-order valence-corrected chi connectivity index (χ2v) is 5.60. The van der Waals surface area contributed by atoms with Crippen LogP contribution < -0.4 is 5.32 Å². The number of amides is 1. The number of hydrogen-bond acceptors (Lipinski definition) is 3. The van der Waals surface area contributed by atoms with Crippen molar-refractivity contribution in [2.45, 2.75) is 20.4 Å². The van der Waals surface area contributed by atoms with E-state index in [1.54, 1.807) is 20.4 Å². The van der Waals surface area contributed by atoms with E-state index in [9.17, 15) is 4.79 Å². The number of guanidine groups is 1. The first-order chi connectivity index (χ1) is 10.3. The van der Waals surface area contributed by atoms with Crippen molar-refractivity contribution in [1.29, 1.82) is 0 Å². The Kier molecular flexibility index (Phi) is 9.62. The fourth-order valence-corrected chi connectivity index (χ4v) is 1.73. The van der Waals surface area contributed by atoms with Gasteiger partial charge < -0.3 is 19.5 Å². The number of aliphatic imine (C=N–C) groups is 1. The molecule has 0 atom stereocenters. The van der Waals surface area contributed by atoms with Gasteiger partial charge in [0.15, 0.2) is 5.96 Å². The average Bonchev–Trinajstić information content (AvgIpc) is 2.83. The van der Waals surface area contributed by atoms with E-state index in [-0.39, 0.29) is 36.4 Å². The first-order valence-electron chi connectivity index (χ1n) is 7.18. The molecular formula is C16H27IN4O2. The molecule has 6 nitrogen and oxygen atoms in total. The molecule has 0 aromatic carbocycles. The number of carbonyl (C=O) groups is 1. The van der Waals surface area contributed by atoms with Crippen LogP contribution in [-0.4, -0.2) is 55.9 Å². The molecule has 1 N–H and O–H groups in total. The van der Waals surface area contributed by atoms with Crippen LogP contribution in [0.1, 0.15) is 18.2 Å². The number of hydrogen-bond donors (Lipinski definition) is 1. The second kappa shape index (κ2) is 10.3. The minimum absolute atomic E-state index is 0. The molecule has 0 aliphatic heterocycles. The number of aryl methyl sites for hydroxylation is 1. The highest BCUT2D eigenvalue weighted by molar-refractivity contribution is 14.0. The van der Waals surface area contributed by atoms with Gasteiger partial charge in [-0.3, -0.25) is 4.79 Å². The molecule has 0 bridgehead atoms. The predicted molar refractivity (Wildman–Crippen MR) is 104 cm³/mol. The van der Waals surface area contributed by atoms with Gasteiger partial charge in [0.2, 0.25) is 5.91 Å². The van der Waals surface area contributed by atoms with Gasteiger partial charge in [0.1, 0.15) is 12.3 Å². The summed E-state index contributed by atoms with van der Waals surface area (Å²) in [7, 11) is 5.37. The molecule has 0 aliphatic carbocycles.